The zero-order valence-electron chi connectivity index (χ0n) is 9.65. The lowest BCUT2D eigenvalue weighted by molar-refractivity contribution is -0.0306. The summed E-state index contributed by atoms with van der Waals surface area (Å²) in [6.45, 7) is 5.60. The van der Waals surface area contributed by atoms with E-state index in [4.69, 9.17) is 9.26 Å². The first kappa shape index (κ1) is 12.1. The van der Waals surface area contributed by atoms with Gasteiger partial charge in [0, 0.05) is 7.11 Å². The molecule has 5 heteroatoms. The van der Waals surface area contributed by atoms with Crippen LogP contribution in [-0.4, -0.2) is 22.4 Å². The smallest absolute Gasteiger partial charge is 0.255 e. The van der Waals surface area contributed by atoms with E-state index in [0.29, 0.717) is 5.82 Å². The molecule has 0 aliphatic heterocycles. The minimum Gasteiger partial charge on any atom is -0.384 e. The minimum absolute atomic E-state index is 0.230. The van der Waals surface area contributed by atoms with Gasteiger partial charge in [-0.2, -0.15) is 4.98 Å². The summed E-state index contributed by atoms with van der Waals surface area (Å²) in [5, 5.41) is 13.1. The van der Waals surface area contributed by atoms with Crippen molar-refractivity contribution < 1.29 is 14.4 Å². The first-order valence-corrected chi connectivity index (χ1v) is 5.17. The molecule has 0 bridgehead atoms. The minimum atomic E-state index is -0.741. The molecule has 0 aliphatic rings. The molecule has 1 atom stereocenters. The number of aliphatic hydroxyl groups is 1. The molecule has 0 saturated carbocycles. The Labute approximate surface area is 89.4 Å². The van der Waals surface area contributed by atoms with Crippen molar-refractivity contribution in [2.45, 2.75) is 45.3 Å². The van der Waals surface area contributed by atoms with Crippen LogP contribution in [0.4, 0.5) is 0 Å². The van der Waals surface area contributed by atoms with Gasteiger partial charge in [-0.1, -0.05) is 19.0 Å². The van der Waals surface area contributed by atoms with Gasteiger partial charge in [0.1, 0.15) is 11.7 Å². The molecule has 5 nitrogen and oxygen atoms in total. The van der Waals surface area contributed by atoms with Crippen LogP contribution in [-0.2, 0) is 10.3 Å². The van der Waals surface area contributed by atoms with Gasteiger partial charge in [0.15, 0.2) is 0 Å². The number of hydrogen-bond acceptors (Lipinski definition) is 5. The summed E-state index contributed by atoms with van der Waals surface area (Å²) in [4.78, 5) is 4.14. The van der Waals surface area contributed by atoms with E-state index in [-0.39, 0.29) is 5.89 Å². The van der Waals surface area contributed by atoms with Crippen LogP contribution in [0.3, 0.4) is 0 Å². The Morgan fingerprint density at radius 1 is 1.47 bits per heavy atom. The number of nitrogens with zero attached hydrogens (tertiary/aromatic N) is 2. The lowest BCUT2D eigenvalue weighted by atomic mass is 9.96. The molecule has 0 aromatic carbocycles. The van der Waals surface area contributed by atoms with Crippen LogP contribution < -0.4 is 0 Å². The van der Waals surface area contributed by atoms with E-state index in [1.54, 1.807) is 14.0 Å². The summed E-state index contributed by atoms with van der Waals surface area (Å²) in [5.74, 6) is 0.735. The summed E-state index contributed by atoms with van der Waals surface area (Å²) in [5.41, 5.74) is -0.503. The molecule has 86 valence electrons. The van der Waals surface area contributed by atoms with Crippen LogP contribution >= 0.6 is 0 Å². The molecule has 0 spiro atoms. The number of ether oxygens (including phenoxy) is 1. The number of aromatic nitrogens is 2. The van der Waals surface area contributed by atoms with Crippen molar-refractivity contribution in [3.05, 3.63) is 11.7 Å². The molecule has 0 saturated heterocycles. The molecule has 0 fully saturated rings. The Hall–Kier alpha value is -0.940. The van der Waals surface area contributed by atoms with Gasteiger partial charge in [0.25, 0.3) is 5.89 Å². The molecule has 1 rings (SSSR count). The lowest BCUT2D eigenvalue weighted by Crippen LogP contribution is -2.28. The highest BCUT2D eigenvalue weighted by molar-refractivity contribution is 5.01. The number of rotatable bonds is 5. The molecule has 0 aliphatic carbocycles. The van der Waals surface area contributed by atoms with Crippen LogP contribution in [0.1, 0.15) is 51.4 Å². The fraction of sp³-hybridized carbons (Fsp3) is 0.800. The van der Waals surface area contributed by atoms with E-state index in [9.17, 15) is 5.11 Å². The highest BCUT2D eigenvalue weighted by Crippen LogP contribution is 2.30. The Morgan fingerprint density at radius 3 is 2.40 bits per heavy atom. The van der Waals surface area contributed by atoms with Gasteiger partial charge >= 0.3 is 0 Å². The number of aliphatic hydroxyl groups excluding tert-OH is 1. The Balaban J connectivity index is 3.01. The fourth-order valence-corrected chi connectivity index (χ4v) is 1.54. The van der Waals surface area contributed by atoms with Crippen LogP contribution in [0.25, 0.3) is 0 Å². The third-order valence-electron chi connectivity index (χ3n) is 2.74. The Kier molecular flexibility index (Phi) is 3.82. The van der Waals surface area contributed by atoms with Gasteiger partial charge in [-0.3, -0.25) is 0 Å². The quantitative estimate of drug-likeness (QED) is 0.809. The molecule has 0 amide bonds. The normalized spacial score (nSPS) is 14.2. The lowest BCUT2D eigenvalue weighted by Gasteiger charge is -2.25. The second kappa shape index (κ2) is 4.72. The van der Waals surface area contributed by atoms with Crippen molar-refractivity contribution in [3.63, 3.8) is 0 Å². The molecule has 0 unspecified atom stereocenters. The zero-order chi connectivity index (χ0) is 11.5. The van der Waals surface area contributed by atoms with E-state index in [1.807, 2.05) is 13.8 Å². The molecule has 15 heavy (non-hydrogen) atoms. The number of hydrogen-bond donors (Lipinski definition) is 1. The largest absolute Gasteiger partial charge is 0.384 e. The molecular formula is C10H18N2O3. The SMILES string of the molecule is CCC(CC)(OC)c1noc([C@H](C)O)n1. The predicted molar refractivity (Wildman–Crippen MR) is 54.2 cm³/mol. The maximum absolute atomic E-state index is 9.28. The summed E-state index contributed by atoms with van der Waals surface area (Å²) in [6, 6.07) is 0. The Bertz CT molecular complexity index is 297. The zero-order valence-corrected chi connectivity index (χ0v) is 9.65. The van der Waals surface area contributed by atoms with Crippen molar-refractivity contribution in [2.75, 3.05) is 7.11 Å². The molecule has 1 N–H and O–H groups in total. The van der Waals surface area contributed by atoms with E-state index >= 15 is 0 Å². The third kappa shape index (κ3) is 2.18. The molecular weight excluding hydrogens is 196 g/mol. The van der Waals surface area contributed by atoms with Gasteiger partial charge in [0.2, 0.25) is 5.82 Å². The average Bonchev–Trinajstić information content (AvgIpc) is 2.71. The maximum atomic E-state index is 9.28. The van der Waals surface area contributed by atoms with Crippen LogP contribution in [0.15, 0.2) is 4.52 Å². The monoisotopic (exact) mass is 214 g/mol. The predicted octanol–water partition coefficient (Wildman–Crippen LogP) is 1.78. The highest BCUT2D eigenvalue weighted by atomic mass is 16.5. The second-order valence-electron chi connectivity index (χ2n) is 3.54. The highest BCUT2D eigenvalue weighted by Gasteiger charge is 2.34. The van der Waals surface area contributed by atoms with E-state index in [2.05, 4.69) is 10.1 Å². The molecule has 0 radical (unpaired) electrons. The van der Waals surface area contributed by atoms with Crippen LogP contribution in [0.2, 0.25) is 0 Å². The van der Waals surface area contributed by atoms with Crippen LogP contribution in [0.5, 0.6) is 0 Å². The second-order valence-corrected chi connectivity index (χ2v) is 3.54. The van der Waals surface area contributed by atoms with Crippen molar-refractivity contribution in [3.8, 4) is 0 Å². The molecule has 1 aromatic rings. The van der Waals surface area contributed by atoms with Crippen molar-refractivity contribution in [1.29, 1.82) is 0 Å². The van der Waals surface area contributed by atoms with Gasteiger partial charge in [-0.15, -0.1) is 0 Å². The van der Waals surface area contributed by atoms with Crippen LogP contribution in [0, 0.1) is 0 Å². The Morgan fingerprint density at radius 2 is 2.07 bits per heavy atom. The van der Waals surface area contributed by atoms with Gasteiger partial charge in [0.05, 0.1) is 0 Å². The maximum Gasteiger partial charge on any atom is 0.255 e. The van der Waals surface area contributed by atoms with Gasteiger partial charge in [-0.25, -0.2) is 0 Å². The van der Waals surface area contributed by atoms with E-state index < -0.39 is 11.7 Å². The standard InChI is InChI=1S/C10H18N2O3/c1-5-10(6-2,14-4)9-11-8(7(3)13)15-12-9/h7,13H,5-6H2,1-4H3/t7-/m0/s1. The molecule has 1 heterocycles. The molecule has 1 aromatic heterocycles. The van der Waals surface area contributed by atoms with Crippen molar-refractivity contribution in [2.24, 2.45) is 0 Å². The number of methoxy groups -OCH3 is 1. The van der Waals surface area contributed by atoms with E-state index in [1.165, 1.54) is 0 Å². The topological polar surface area (TPSA) is 68.4 Å². The van der Waals surface area contributed by atoms with Crippen molar-refractivity contribution >= 4 is 0 Å². The summed E-state index contributed by atoms with van der Waals surface area (Å²) >= 11 is 0. The third-order valence-corrected chi connectivity index (χ3v) is 2.74. The summed E-state index contributed by atoms with van der Waals surface area (Å²) < 4.78 is 10.4. The fourth-order valence-electron chi connectivity index (χ4n) is 1.54. The summed E-state index contributed by atoms with van der Waals surface area (Å²) in [7, 11) is 1.63. The first-order chi connectivity index (χ1) is 7.09. The average molecular weight is 214 g/mol. The van der Waals surface area contributed by atoms with Crippen molar-refractivity contribution in [1.82, 2.24) is 10.1 Å². The van der Waals surface area contributed by atoms with Gasteiger partial charge < -0.3 is 14.4 Å². The van der Waals surface area contributed by atoms with E-state index in [0.717, 1.165) is 12.8 Å². The first-order valence-electron chi connectivity index (χ1n) is 5.17. The van der Waals surface area contributed by atoms with Gasteiger partial charge in [-0.05, 0) is 19.8 Å². The summed E-state index contributed by atoms with van der Waals surface area (Å²) in [6.07, 6.45) is 0.784.